The third kappa shape index (κ3) is 3.35. The van der Waals surface area contributed by atoms with Gasteiger partial charge in [0.15, 0.2) is 0 Å². The maximum Gasteiger partial charge on any atom is 0.271 e. The van der Waals surface area contributed by atoms with Crippen LogP contribution in [0.2, 0.25) is 0 Å². The molecule has 1 atom stereocenters. The van der Waals surface area contributed by atoms with Crippen molar-refractivity contribution in [1.82, 2.24) is 8.75 Å². The first kappa shape index (κ1) is 14.3. The van der Waals surface area contributed by atoms with Crippen molar-refractivity contribution in [3.8, 4) is 5.88 Å². The van der Waals surface area contributed by atoms with Gasteiger partial charge in [-0.2, -0.15) is 4.37 Å². The summed E-state index contributed by atoms with van der Waals surface area (Å²) in [5, 5.41) is 0. The predicted molar refractivity (Wildman–Crippen MR) is 86.0 cm³/mol. The first-order valence-corrected chi connectivity index (χ1v) is 8.37. The molecule has 1 aromatic heterocycles. The van der Waals surface area contributed by atoms with Crippen molar-refractivity contribution < 1.29 is 4.74 Å². The lowest BCUT2D eigenvalue weighted by Crippen LogP contribution is -2.39. The minimum atomic E-state index is 0.546. The number of ether oxygens (including phenoxy) is 1. The van der Waals surface area contributed by atoms with Crippen molar-refractivity contribution >= 4 is 17.5 Å². The van der Waals surface area contributed by atoms with Gasteiger partial charge in [-0.1, -0.05) is 37.3 Å². The molecule has 4 nitrogen and oxygen atoms in total. The van der Waals surface area contributed by atoms with Gasteiger partial charge in [-0.3, -0.25) is 0 Å². The molecule has 3 rings (SSSR count). The van der Waals surface area contributed by atoms with Gasteiger partial charge in [0, 0.05) is 12.6 Å². The number of piperidine rings is 1. The molecule has 1 aromatic carbocycles. The monoisotopic (exact) mass is 303 g/mol. The summed E-state index contributed by atoms with van der Waals surface area (Å²) in [6, 6.07) is 10.8. The average Bonchev–Trinajstić information content (AvgIpc) is 3.02. The van der Waals surface area contributed by atoms with Gasteiger partial charge in [-0.05, 0) is 31.2 Å². The third-order valence-electron chi connectivity index (χ3n) is 4.03. The van der Waals surface area contributed by atoms with E-state index in [1.54, 1.807) is 0 Å². The van der Waals surface area contributed by atoms with Crippen LogP contribution < -0.4 is 9.64 Å². The molecular weight excluding hydrogens is 282 g/mol. The molecule has 0 saturated carbocycles. The van der Waals surface area contributed by atoms with Crippen LogP contribution in [0, 0.1) is 0 Å². The highest BCUT2D eigenvalue weighted by atomic mass is 32.1. The van der Waals surface area contributed by atoms with Gasteiger partial charge in [0.1, 0.15) is 6.61 Å². The molecule has 1 unspecified atom stereocenters. The van der Waals surface area contributed by atoms with Crippen LogP contribution in [0.3, 0.4) is 0 Å². The Morgan fingerprint density at radius 1 is 1.24 bits per heavy atom. The number of aromatic nitrogens is 2. The fraction of sp³-hybridized carbons (Fsp3) is 0.500. The Bertz CT molecular complexity index is 558. The first-order valence-electron chi connectivity index (χ1n) is 7.64. The lowest BCUT2D eigenvalue weighted by atomic mass is 10.0. The molecule has 0 spiro atoms. The second-order valence-electron chi connectivity index (χ2n) is 5.42. The fourth-order valence-electron chi connectivity index (χ4n) is 2.87. The number of nitrogens with zero attached hydrogens (tertiary/aromatic N) is 3. The molecule has 21 heavy (non-hydrogen) atoms. The van der Waals surface area contributed by atoms with Crippen LogP contribution in [0.5, 0.6) is 5.88 Å². The average molecular weight is 303 g/mol. The summed E-state index contributed by atoms with van der Waals surface area (Å²) in [4.78, 5) is 2.38. The van der Waals surface area contributed by atoms with Crippen LogP contribution in [0.25, 0.3) is 0 Å². The molecule has 0 amide bonds. The van der Waals surface area contributed by atoms with Gasteiger partial charge in [-0.25, -0.2) is 0 Å². The number of hydrogen-bond donors (Lipinski definition) is 0. The summed E-state index contributed by atoms with van der Waals surface area (Å²) in [5.74, 6) is 1.62. The zero-order chi connectivity index (χ0) is 14.5. The Balaban J connectivity index is 1.71. The fourth-order valence-corrected chi connectivity index (χ4v) is 3.38. The van der Waals surface area contributed by atoms with Gasteiger partial charge < -0.3 is 9.64 Å². The van der Waals surface area contributed by atoms with Gasteiger partial charge in [0.05, 0.1) is 11.7 Å². The van der Waals surface area contributed by atoms with Gasteiger partial charge in [0.25, 0.3) is 5.88 Å². The van der Waals surface area contributed by atoms with Gasteiger partial charge >= 0.3 is 0 Å². The number of hydrogen-bond acceptors (Lipinski definition) is 5. The predicted octanol–water partition coefficient (Wildman–Crippen LogP) is 3.89. The summed E-state index contributed by atoms with van der Waals surface area (Å²) in [5.41, 5.74) is 1.15. The summed E-state index contributed by atoms with van der Waals surface area (Å²) >= 11 is 1.24. The van der Waals surface area contributed by atoms with Crippen molar-refractivity contribution in [1.29, 1.82) is 0 Å². The molecule has 2 heterocycles. The Morgan fingerprint density at radius 2 is 2.10 bits per heavy atom. The zero-order valence-electron chi connectivity index (χ0n) is 12.4. The SMILES string of the molecule is CCC1CCCCN1c1nsnc1OCc1ccccc1. The summed E-state index contributed by atoms with van der Waals surface area (Å²) in [7, 11) is 0. The highest BCUT2D eigenvalue weighted by Gasteiger charge is 2.26. The Labute approximate surface area is 130 Å². The molecule has 2 aromatic rings. The minimum Gasteiger partial charge on any atom is -0.470 e. The van der Waals surface area contributed by atoms with E-state index in [1.165, 1.54) is 31.0 Å². The zero-order valence-corrected chi connectivity index (χ0v) is 13.2. The molecule has 0 radical (unpaired) electrons. The van der Waals surface area contributed by atoms with Crippen LogP contribution in [-0.2, 0) is 6.61 Å². The third-order valence-corrected chi connectivity index (χ3v) is 4.53. The van der Waals surface area contributed by atoms with E-state index in [4.69, 9.17) is 4.74 Å². The van der Waals surface area contributed by atoms with E-state index in [1.807, 2.05) is 18.2 Å². The molecule has 5 heteroatoms. The minimum absolute atomic E-state index is 0.546. The van der Waals surface area contributed by atoms with Crippen molar-refractivity contribution in [3.05, 3.63) is 35.9 Å². The van der Waals surface area contributed by atoms with E-state index in [2.05, 4.69) is 32.7 Å². The quantitative estimate of drug-likeness (QED) is 0.840. The smallest absolute Gasteiger partial charge is 0.271 e. The van der Waals surface area contributed by atoms with Crippen molar-refractivity contribution in [2.24, 2.45) is 0 Å². The molecule has 1 fully saturated rings. The summed E-state index contributed by atoms with van der Waals surface area (Å²) in [6.07, 6.45) is 4.93. The van der Waals surface area contributed by atoms with Crippen molar-refractivity contribution in [2.75, 3.05) is 11.4 Å². The molecule has 1 aliphatic rings. The van der Waals surface area contributed by atoms with Crippen LogP contribution in [0.15, 0.2) is 30.3 Å². The first-order chi connectivity index (χ1) is 10.4. The molecule has 1 aliphatic heterocycles. The normalized spacial score (nSPS) is 18.7. The van der Waals surface area contributed by atoms with E-state index in [0.717, 1.165) is 24.3 Å². The molecule has 0 N–H and O–H groups in total. The van der Waals surface area contributed by atoms with Crippen LogP contribution in [-0.4, -0.2) is 21.3 Å². The largest absolute Gasteiger partial charge is 0.470 e. The molecular formula is C16H21N3OS. The summed E-state index contributed by atoms with van der Waals surface area (Å²) < 4.78 is 14.7. The molecule has 0 aliphatic carbocycles. The second-order valence-corrected chi connectivity index (χ2v) is 5.95. The van der Waals surface area contributed by atoms with E-state index < -0.39 is 0 Å². The highest BCUT2D eigenvalue weighted by molar-refractivity contribution is 6.99. The van der Waals surface area contributed by atoms with Crippen LogP contribution in [0.4, 0.5) is 5.82 Å². The Kier molecular flexibility index (Phi) is 4.70. The number of rotatable bonds is 5. The second kappa shape index (κ2) is 6.89. The van der Waals surface area contributed by atoms with Crippen LogP contribution in [0.1, 0.15) is 38.2 Å². The highest BCUT2D eigenvalue weighted by Crippen LogP contribution is 2.32. The Hall–Kier alpha value is -1.62. The van der Waals surface area contributed by atoms with Crippen molar-refractivity contribution in [2.45, 2.75) is 45.3 Å². The lowest BCUT2D eigenvalue weighted by Gasteiger charge is -2.35. The van der Waals surface area contributed by atoms with E-state index in [0.29, 0.717) is 18.5 Å². The van der Waals surface area contributed by atoms with Gasteiger partial charge in [-0.15, -0.1) is 4.37 Å². The topological polar surface area (TPSA) is 38.2 Å². The molecule has 1 saturated heterocycles. The standard InChI is InChI=1S/C16H21N3OS/c1-2-14-10-6-7-11-19(14)15-16(18-21-17-15)20-12-13-8-4-3-5-9-13/h3-5,8-9,14H,2,6-7,10-12H2,1H3. The van der Waals surface area contributed by atoms with E-state index in [-0.39, 0.29) is 0 Å². The maximum absolute atomic E-state index is 5.90. The summed E-state index contributed by atoms with van der Waals surface area (Å²) in [6.45, 7) is 3.85. The molecule has 0 bridgehead atoms. The number of anilines is 1. The Morgan fingerprint density at radius 3 is 2.90 bits per heavy atom. The van der Waals surface area contributed by atoms with E-state index in [9.17, 15) is 0 Å². The lowest BCUT2D eigenvalue weighted by molar-refractivity contribution is 0.294. The van der Waals surface area contributed by atoms with Crippen LogP contribution >= 0.6 is 11.7 Å². The van der Waals surface area contributed by atoms with E-state index >= 15 is 0 Å². The maximum atomic E-state index is 5.90. The molecule has 112 valence electrons. The van der Waals surface area contributed by atoms with Crippen molar-refractivity contribution in [3.63, 3.8) is 0 Å². The van der Waals surface area contributed by atoms with Gasteiger partial charge in [0.2, 0.25) is 5.82 Å². The number of benzene rings is 1.